The number of rotatable bonds is 7. The van der Waals surface area contributed by atoms with Crippen LogP contribution in [0.4, 0.5) is 5.69 Å². The number of nitriles is 1. The molecule has 1 amide bonds. The van der Waals surface area contributed by atoms with Crippen LogP contribution in [0.3, 0.4) is 0 Å². The first kappa shape index (κ1) is 28.1. The van der Waals surface area contributed by atoms with Gasteiger partial charge >= 0.3 is 5.97 Å². The average molecular weight is 585 g/mol. The summed E-state index contributed by atoms with van der Waals surface area (Å²) >= 11 is 1.29. The van der Waals surface area contributed by atoms with Gasteiger partial charge in [-0.25, -0.2) is 14.8 Å². The van der Waals surface area contributed by atoms with Crippen molar-refractivity contribution in [1.29, 1.82) is 5.26 Å². The number of fused-ring (bicyclic) bond motifs is 2. The van der Waals surface area contributed by atoms with E-state index < -0.39 is 11.2 Å². The first-order chi connectivity index (χ1) is 21.0. The van der Waals surface area contributed by atoms with Crippen molar-refractivity contribution in [3.8, 4) is 17.3 Å². The molecule has 0 saturated heterocycles. The van der Waals surface area contributed by atoms with Crippen molar-refractivity contribution in [2.75, 3.05) is 5.32 Å². The zero-order chi connectivity index (χ0) is 29.8. The molecule has 0 bridgehead atoms. The number of pyridine rings is 2. The highest BCUT2D eigenvalue weighted by Gasteiger charge is 2.26. The lowest BCUT2D eigenvalue weighted by molar-refractivity contribution is -0.115. The fraction of sp³-hybridized carbons (Fsp3) is 0.171. The fourth-order valence-electron chi connectivity index (χ4n) is 5.41. The Balaban J connectivity index is 1.27. The number of hydrogen-bond donors (Lipinski definition) is 2. The summed E-state index contributed by atoms with van der Waals surface area (Å²) in [6.07, 6.45) is 5.11. The summed E-state index contributed by atoms with van der Waals surface area (Å²) in [6, 6.07) is 29.6. The second-order valence-electron chi connectivity index (χ2n) is 10.5. The minimum atomic E-state index is -1.02. The molecule has 8 heteroatoms. The van der Waals surface area contributed by atoms with Crippen LogP contribution >= 0.6 is 11.8 Å². The van der Waals surface area contributed by atoms with E-state index in [4.69, 9.17) is 4.98 Å². The van der Waals surface area contributed by atoms with Crippen molar-refractivity contribution in [2.45, 2.75) is 42.4 Å². The van der Waals surface area contributed by atoms with Gasteiger partial charge in [0.05, 0.1) is 22.3 Å². The number of benzene rings is 3. The Morgan fingerprint density at radius 3 is 2.40 bits per heavy atom. The van der Waals surface area contributed by atoms with Crippen LogP contribution in [0.25, 0.3) is 22.2 Å². The van der Waals surface area contributed by atoms with Gasteiger partial charge in [-0.1, -0.05) is 78.8 Å². The second kappa shape index (κ2) is 12.5. The zero-order valence-corrected chi connectivity index (χ0v) is 24.1. The van der Waals surface area contributed by atoms with E-state index in [9.17, 15) is 20.0 Å². The number of nitrogens with one attached hydrogen (secondary N) is 1. The summed E-state index contributed by atoms with van der Waals surface area (Å²) in [5.74, 6) is -1.25. The predicted molar refractivity (Wildman–Crippen MR) is 168 cm³/mol. The van der Waals surface area contributed by atoms with Gasteiger partial charge in [0.1, 0.15) is 16.3 Å². The monoisotopic (exact) mass is 584 g/mol. The lowest BCUT2D eigenvalue weighted by atomic mass is 10.0. The Bertz CT molecular complexity index is 1870. The van der Waals surface area contributed by atoms with E-state index in [0.29, 0.717) is 32.9 Å². The highest BCUT2D eigenvalue weighted by Crippen LogP contribution is 2.38. The number of anilines is 1. The van der Waals surface area contributed by atoms with E-state index >= 15 is 0 Å². The number of carboxylic acid groups (broad SMARTS) is 1. The van der Waals surface area contributed by atoms with Gasteiger partial charge in [0.25, 0.3) is 0 Å². The number of amides is 1. The van der Waals surface area contributed by atoms with E-state index in [0.717, 1.165) is 54.5 Å². The van der Waals surface area contributed by atoms with Gasteiger partial charge in [-0.3, -0.25) is 4.79 Å². The Hall–Kier alpha value is -5.00. The molecule has 2 N–H and O–H groups in total. The Morgan fingerprint density at radius 2 is 1.63 bits per heavy atom. The number of carbonyl (C=O) groups is 2. The molecule has 0 saturated carbocycles. The van der Waals surface area contributed by atoms with Crippen molar-refractivity contribution in [3.05, 3.63) is 119 Å². The van der Waals surface area contributed by atoms with E-state index in [2.05, 4.69) is 16.4 Å². The number of aryl methyl sites for hydroxylation is 2. The van der Waals surface area contributed by atoms with E-state index in [-0.39, 0.29) is 11.5 Å². The largest absolute Gasteiger partial charge is 0.478 e. The number of aromatic carboxylic acids is 1. The minimum absolute atomic E-state index is 0.184. The molecule has 2 aromatic heterocycles. The number of para-hydroxylation sites is 1. The molecule has 0 spiro atoms. The number of carbonyl (C=O) groups excluding carboxylic acids is 1. The van der Waals surface area contributed by atoms with Crippen molar-refractivity contribution >= 4 is 40.2 Å². The predicted octanol–water partition coefficient (Wildman–Crippen LogP) is 7.61. The smallest absolute Gasteiger partial charge is 0.336 e. The third kappa shape index (κ3) is 6.13. The first-order valence-electron chi connectivity index (χ1n) is 14.2. The number of aromatic nitrogens is 2. The third-order valence-electron chi connectivity index (χ3n) is 7.60. The number of nitrogens with zero attached hydrogens (tertiary/aromatic N) is 3. The summed E-state index contributed by atoms with van der Waals surface area (Å²) in [5, 5.41) is 23.2. The van der Waals surface area contributed by atoms with Crippen LogP contribution in [0.5, 0.6) is 0 Å². The maximum absolute atomic E-state index is 13.8. The van der Waals surface area contributed by atoms with Gasteiger partial charge in [0.2, 0.25) is 5.91 Å². The number of thioether (sulfide) groups is 1. The summed E-state index contributed by atoms with van der Waals surface area (Å²) in [4.78, 5) is 35.2. The van der Waals surface area contributed by atoms with Gasteiger partial charge < -0.3 is 10.4 Å². The molecule has 7 nitrogen and oxygen atoms in total. The Kier molecular flexibility index (Phi) is 8.16. The standard InChI is InChI=1S/C35H28N4O3S/c36-21-25-19-24-11-5-2-6-13-29(24)39-34(25)43-32(23-9-3-1-4-10-23)33(40)37-26-17-15-22(16-18-26)31-20-28(35(41)42)27-12-7-8-14-30(27)38-31/h1,3-4,7-10,12,14-20,32H,2,5-6,11,13H2,(H,37,40)(H,41,42). The van der Waals surface area contributed by atoms with Crippen molar-refractivity contribution in [3.63, 3.8) is 0 Å². The molecular formula is C35H28N4O3S. The van der Waals surface area contributed by atoms with Crippen molar-refractivity contribution in [2.24, 2.45) is 0 Å². The molecule has 3 aromatic carbocycles. The van der Waals surface area contributed by atoms with Crippen LogP contribution < -0.4 is 5.32 Å². The lowest BCUT2D eigenvalue weighted by Crippen LogP contribution is -2.19. The molecule has 212 valence electrons. The highest BCUT2D eigenvalue weighted by atomic mass is 32.2. The highest BCUT2D eigenvalue weighted by molar-refractivity contribution is 8.00. The molecule has 0 fully saturated rings. The molecule has 0 radical (unpaired) electrons. The summed E-state index contributed by atoms with van der Waals surface area (Å²) in [5.41, 5.74) is 6.09. The van der Waals surface area contributed by atoms with E-state index in [1.54, 1.807) is 36.4 Å². The summed E-state index contributed by atoms with van der Waals surface area (Å²) in [7, 11) is 0. The topological polar surface area (TPSA) is 116 Å². The molecule has 1 unspecified atom stereocenters. The molecule has 1 atom stereocenters. The summed E-state index contributed by atoms with van der Waals surface area (Å²) < 4.78 is 0. The van der Waals surface area contributed by atoms with Crippen LogP contribution in [-0.4, -0.2) is 27.0 Å². The van der Waals surface area contributed by atoms with Gasteiger partial charge in [0.15, 0.2) is 0 Å². The van der Waals surface area contributed by atoms with Crippen LogP contribution in [-0.2, 0) is 17.6 Å². The molecule has 1 aliphatic rings. The van der Waals surface area contributed by atoms with Crippen LogP contribution in [0, 0.1) is 11.3 Å². The SMILES string of the molecule is N#Cc1cc2c(nc1SC(C(=O)Nc1ccc(-c3cc(C(=O)O)c4ccccc4n3)cc1)c1ccccc1)CCCCC2. The quantitative estimate of drug-likeness (QED) is 0.149. The minimum Gasteiger partial charge on any atom is -0.478 e. The normalized spacial score (nSPS) is 13.4. The first-order valence-corrected chi connectivity index (χ1v) is 15.1. The van der Waals surface area contributed by atoms with Crippen molar-refractivity contribution < 1.29 is 14.7 Å². The van der Waals surface area contributed by atoms with Crippen LogP contribution in [0.15, 0.2) is 96.0 Å². The molecule has 43 heavy (non-hydrogen) atoms. The molecular weight excluding hydrogens is 556 g/mol. The maximum Gasteiger partial charge on any atom is 0.336 e. The number of carboxylic acids is 1. The van der Waals surface area contributed by atoms with E-state index in [1.807, 2.05) is 54.6 Å². The number of hydrogen-bond acceptors (Lipinski definition) is 6. The van der Waals surface area contributed by atoms with Gasteiger partial charge in [-0.05, 0) is 67.1 Å². The lowest BCUT2D eigenvalue weighted by Gasteiger charge is -2.18. The van der Waals surface area contributed by atoms with Crippen LogP contribution in [0.2, 0.25) is 0 Å². The molecule has 6 rings (SSSR count). The third-order valence-corrected chi connectivity index (χ3v) is 8.86. The molecule has 2 heterocycles. The fourth-order valence-corrected chi connectivity index (χ4v) is 6.48. The average Bonchev–Trinajstić information content (AvgIpc) is 3.28. The van der Waals surface area contributed by atoms with Gasteiger partial charge in [-0.15, -0.1) is 0 Å². The summed E-state index contributed by atoms with van der Waals surface area (Å²) in [6.45, 7) is 0. The van der Waals surface area contributed by atoms with Gasteiger partial charge in [0, 0.05) is 22.3 Å². The molecule has 0 aliphatic heterocycles. The van der Waals surface area contributed by atoms with Gasteiger partial charge in [-0.2, -0.15) is 5.26 Å². The Morgan fingerprint density at radius 1 is 0.884 bits per heavy atom. The Labute approximate surface area is 253 Å². The molecule has 1 aliphatic carbocycles. The zero-order valence-electron chi connectivity index (χ0n) is 23.3. The van der Waals surface area contributed by atoms with Crippen LogP contribution in [0.1, 0.15) is 57.3 Å². The second-order valence-corrected chi connectivity index (χ2v) is 11.6. The van der Waals surface area contributed by atoms with Crippen molar-refractivity contribution in [1.82, 2.24) is 9.97 Å². The maximum atomic E-state index is 13.8. The van der Waals surface area contributed by atoms with E-state index in [1.165, 1.54) is 11.8 Å². The molecule has 5 aromatic rings.